The van der Waals surface area contributed by atoms with Gasteiger partial charge in [-0.25, -0.2) is 8.42 Å². The third kappa shape index (κ3) is 4.81. The van der Waals surface area contributed by atoms with Gasteiger partial charge < -0.3 is 23.7 Å². The number of amides is 1. The van der Waals surface area contributed by atoms with E-state index >= 15 is 0 Å². The zero-order valence-electron chi connectivity index (χ0n) is 20.1. The van der Waals surface area contributed by atoms with Gasteiger partial charge in [-0.05, 0) is 37.8 Å². The number of nitrogens with one attached hydrogen (secondary N) is 2. The van der Waals surface area contributed by atoms with Crippen LogP contribution in [0.15, 0.2) is 23.1 Å². The molecule has 3 heterocycles. The summed E-state index contributed by atoms with van der Waals surface area (Å²) in [5.74, 6) is -2.32. The number of rotatable bonds is 4. The average Bonchev–Trinajstić information content (AvgIpc) is 3.42. The third-order valence-corrected chi connectivity index (χ3v) is 10.1. The van der Waals surface area contributed by atoms with Gasteiger partial charge >= 0.3 is 0 Å². The number of fused-ring (bicyclic) bond motifs is 3. The minimum atomic E-state index is -4.22. The molecule has 2 N–H and O–H groups in total. The van der Waals surface area contributed by atoms with E-state index in [9.17, 15) is 13.2 Å². The van der Waals surface area contributed by atoms with Gasteiger partial charge in [-0.3, -0.25) is 10.2 Å². The molecular formula is C24H30Cl2N2O8S. The van der Waals surface area contributed by atoms with Crippen molar-refractivity contribution < 1.29 is 36.9 Å². The van der Waals surface area contributed by atoms with Crippen LogP contribution in [-0.4, -0.2) is 56.6 Å². The topological polar surface area (TPSA) is 121 Å². The van der Waals surface area contributed by atoms with Crippen LogP contribution < -0.4 is 10.3 Å². The molecule has 37 heavy (non-hydrogen) atoms. The zero-order chi connectivity index (χ0) is 25.8. The fourth-order valence-corrected chi connectivity index (χ4v) is 7.71. The molecule has 13 heteroatoms. The van der Waals surface area contributed by atoms with Crippen molar-refractivity contribution in [3.05, 3.63) is 28.2 Å². The maximum atomic E-state index is 13.3. The number of ether oxygens (including phenoxy) is 5. The highest BCUT2D eigenvalue weighted by molar-refractivity contribution is 7.89. The summed E-state index contributed by atoms with van der Waals surface area (Å²) in [6.45, 7) is 0. The standard InChI is InChI=1S/C24H30Cl2N2O8S/c25-14-8-7-9-15(16(14)26)37(30,31)28-27-21(29)19-17-18(34-23(33-17)10-3-1-4-11-23)20-22(32-19)36-24(35-20)12-5-2-6-13-24/h7-9,17-20,22,28H,1-6,10-13H2,(H,27,29)/t17-,18+,19+,20-,22+/m1/s1. The first-order chi connectivity index (χ1) is 17.7. The molecule has 3 saturated heterocycles. The van der Waals surface area contributed by atoms with Crippen molar-refractivity contribution in [3.8, 4) is 0 Å². The first-order valence-corrected chi connectivity index (χ1v) is 15.1. The van der Waals surface area contributed by atoms with Gasteiger partial charge in [-0.15, -0.1) is 4.83 Å². The van der Waals surface area contributed by atoms with Crippen molar-refractivity contribution in [2.24, 2.45) is 0 Å². The molecule has 1 amide bonds. The lowest BCUT2D eigenvalue weighted by Crippen LogP contribution is -2.61. The molecule has 10 nitrogen and oxygen atoms in total. The molecule has 6 rings (SSSR count). The summed E-state index contributed by atoms with van der Waals surface area (Å²) in [4.78, 5) is 15.2. The molecule has 5 atom stereocenters. The Bertz CT molecular complexity index is 1160. The number of carbonyl (C=O) groups is 1. The summed E-state index contributed by atoms with van der Waals surface area (Å²) >= 11 is 12.0. The molecule has 1 aromatic carbocycles. The molecule has 1 aromatic rings. The van der Waals surface area contributed by atoms with E-state index in [1.165, 1.54) is 18.2 Å². The van der Waals surface area contributed by atoms with E-state index in [2.05, 4.69) is 10.3 Å². The highest BCUT2D eigenvalue weighted by atomic mass is 35.5. The van der Waals surface area contributed by atoms with Crippen LogP contribution in [0.3, 0.4) is 0 Å². The van der Waals surface area contributed by atoms with E-state index in [4.69, 9.17) is 46.9 Å². The minimum Gasteiger partial charge on any atom is -0.341 e. The Morgan fingerprint density at radius 2 is 1.43 bits per heavy atom. The largest absolute Gasteiger partial charge is 0.341 e. The molecule has 0 unspecified atom stereocenters. The summed E-state index contributed by atoms with van der Waals surface area (Å²) in [6, 6.07) is 4.20. The number of halogens is 2. The number of hydrazine groups is 1. The van der Waals surface area contributed by atoms with Crippen molar-refractivity contribution in [1.82, 2.24) is 10.3 Å². The van der Waals surface area contributed by atoms with E-state index in [1.54, 1.807) is 0 Å². The van der Waals surface area contributed by atoms with Crippen molar-refractivity contribution in [3.63, 3.8) is 0 Å². The van der Waals surface area contributed by atoms with Crippen molar-refractivity contribution in [1.29, 1.82) is 0 Å². The van der Waals surface area contributed by atoms with Crippen LogP contribution in [0.4, 0.5) is 0 Å². The molecule has 2 aliphatic carbocycles. The van der Waals surface area contributed by atoms with Gasteiger partial charge in [0, 0.05) is 25.7 Å². The maximum Gasteiger partial charge on any atom is 0.267 e. The minimum absolute atomic E-state index is 0.0738. The molecule has 0 aromatic heterocycles. The van der Waals surface area contributed by atoms with Gasteiger partial charge in [0.2, 0.25) is 0 Å². The van der Waals surface area contributed by atoms with Crippen molar-refractivity contribution in [2.75, 3.05) is 0 Å². The molecule has 2 saturated carbocycles. The van der Waals surface area contributed by atoms with Gasteiger partial charge in [0.15, 0.2) is 24.0 Å². The van der Waals surface area contributed by atoms with E-state index < -0.39 is 58.2 Å². The van der Waals surface area contributed by atoms with Crippen LogP contribution in [0.25, 0.3) is 0 Å². The normalized spacial score (nSPS) is 34.3. The Kier molecular flexibility index (Phi) is 6.99. The van der Waals surface area contributed by atoms with Crippen LogP contribution in [0.5, 0.6) is 0 Å². The summed E-state index contributed by atoms with van der Waals surface area (Å²) in [7, 11) is -4.22. The Morgan fingerprint density at radius 1 is 0.838 bits per heavy atom. The quantitative estimate of drug-likeness (QED) is 0.522. The van der Waals surface area contributed by atoms with Crippen LogP contribution in [-0.2, 0) is 38.5 Å². The summed E-state index contributed by atoms with van der Waals surface area (Å²) < 4.78 is 57.4. The second-order valence-electron chi connectivity index (χ2n) is 10.4. The molecule has 0 bridgehead atoms. The van der Waals surface area contributed by atoms with E-state index in [-0.39, 0.29) is 14.9 Å². The Morgan fingerprint density at radius 3 is 2.11 bits per heavy atom. The van der Waals surface area contributed by atoms with Gasteiger partial charge in [0.1, 0.15) is 23.2 Å². The van der Waals surface area contributed by atoms with E-state index in [0.717, 1.165) is 51.4 Å². The Hall–Kier alpha value is -1.02. The predicted molar refractivity (Wildman–Crippen MR) is 131 cm³/mol. The molecule has 3 aliphatic heterocycles. The first-order valence-electron chi connectivity index (χ1n) is 12.8. The van der Waals surface area contributed by atoms with Gasteiger partial charge in [0.25, 0.3) is 15.9 Å². The number of benzene rings is 1. The predicted octanol–water partition coefficient (Wildman–Crippen LogP) is 3.55. The molecule has 0 radical (unpaired) electrons. The molecule has 5 fully saturated rings. The monoisotopic (exact) mass is 576 g/mol. The highest BCUT2D eigenvalue weighted by Gasteiger charge is 2.65. The van der Waals surface area contributed by atoms with Gasteiger partial charge in [0.05, 0.1) is 10.0 Å². The second-order valence-corrected chi connectivity index (χ2v) is 12.8. The Labute approximate surface area is 225 Å². The van der Waals surface area contributed by atoms with Crippen LogP contribution in [0, 0.1) is 0 Å². The number of sulfonamides is 1. The zero-order valence-corrected chi connectivity index (χ0v) is 22.4. The lowest BCUT2D eigenvalue weighted by atomic mass is 9.94. The molecular weight excluding hydrogens is 547 g/mol. The molecule has 2 spiro atoms. The SMILES string of the molecule is O=C(NNS(=O)(=O)c1cccc(Cl)c1Cl)[C@H]1O[C@H]2OC3(CCCCC3)O[C@@H]2[C@H]2OC3(CCCCC3)O[C@H]21. The molecule has 5 aliphatic rings. The fraction of sp³-hybridized carbons (Fsp3) is 0.708. The smallest absolute Gasteiger partial charge is 0.267 e. The maximum absolute atomic E-state index is 13.3. The van der Waals surface area contributed by atoms with E-state index in [1.807, 2.05) is 0 Å². The third-order valence-electron chi connectivity index (χ3n) is 7.88. The Balaban J connectivity index is 1.23. The highest BCUT2D eigenvalue weighted by Crippen LogP contribution is 2.50. The summed E-state index contributed by atoms with van der Waals surface area (Å²) in [5.41, 5.74) is 2.26. The first kappa shape index (κ1) is 26.2. The lowest BCUT2D eigenvalue weighted by Gasteiger charge is -2.36. The number of carbonyl (C=O) groups excluding carboxylic acids is 1. The number of hydrogen-bond acceptors (Lipinski definition) is 8. The van der Waals surface area contributed by atoms with Gasteiger partial charge in [-0.2, -0.15) is 0 Å². The van der Waals surface area contributed by atoms with E-state index in [0.29, 0.717) is 12.8 Å². The van der Waals surface area contributed by atoms with Crippen LogP contribution >= 0.6 is 23.2 Å². The second kappa shape index (κ2) is 9.87. The summed E-state index contributed by atoms with van der Waals surface area (Å²) in [5, 5.41) is -0.0755. The van der Waals surface area contributed by atoms with Gasteiger partial charge in [-0.1, -0.05) is 42.1 Å². The summed E-state index contributed by atoms with van der Waals surface area (Å²) in [6.07, 6.45) is 5.00. The number of hydrogen-bond donors (Lipinski definition) is 2. The fourth-order valence-electron chi connectivity index (χ4n) is 6.10. The van der Waals surface area contributed by atoms with Crippen LogP contribution in [0.2, 0.25) is 10.0 Å². The average molecular weight is 577 g/mol. The van der Waals surface area contributed by atoms with Crippen LogP contribution in [0.1, 0.15) is 64.2 Å². The van der Waals surface area contributed by atoms with Crippen molar-refractivity contribution >= 4 is 39.1 Å². The molecule has 204 valence electrons. The lowest BCUT2D eigenvalue weighted by molar-refractivity contribution is -0.247. The van der Waals surface area contributed by atoms with Crippen molar-refractivity contribution in [2.45, 2.75) is 111 Å².